The summed E-state index contributed by atoms with van der Waals surface area (Å²) in [7, 11) is -3.32. The molecule has 0 spiro atoms. The number of hydrogen-bond acceptors (Lipinski definition) is 5. The fourth-order valence-corrected chi connectivity index (χ4v) is 3.84. The Hall–Kier alpha value is -1.89. The van der Waals surface area contributed by atoms with E-state index in [0.717, 1.165) is 19.1 Å². The van der Waals surface area contributed by atoms with E-state index in [-0.39, 0.29) is 22.4 Å². The third kappa shape index (κ3) is 5.06. The molecule has 1 aromatic rings. The van der Waals surface area contributed by atoms with Gasteiger partial charge in [-0.2, -0.15) is 0 Å². The van der Waals surface area contributed by atoms with Gasteiger partial charge >= 0.3 is 5.97 Å². The van der Waals surface area contributed by atoms with Crippen LogP contribution in [0.4, 0.5) is 0 Å². The van der Waals surface area contributed by atoms with Gasteiger partial charge < -0.3 is 10.1 Å². The molecule has 1 fully saturated rings. The number of benzene rings is 1. The minimum atomic E-state index is -3.32. The van der Waals surface area contributed by atoms with Crippen molar-refractivity contribution >= 4 is 21.7 Å². The van der Waals surface area contributed by atoms with E-state index in [1.165, 1.54) is 37.6 Å². The Bertz CT molecular complexity index is 757. The van der Waals surface area contributed by atoms with Crippen molar-refractivity contribution in [3.63, 3.8) is 0 Å². The molecule has 4 atom stereocenters. The van der Waals surface area contributed by atoms with Crippen LogP contribution in [-0.4, -0.2) is 38.7 Å². The van der Waals surface area contributed by atoms with Gasteiger partial charge in [-0.05, 0) is 49.4 Å². The molecular formula is C19H27NO5S. The molecule has 0 radical (unpaired) electrons. The summed E-state index contributed by atoms with van der Waals surface area (Å²) < 4.78 is 28.1. The molecular weight excluding hydrogens is 354 g/mol. The standard InChI is InChI=1S/C19H27NO5S/c1-12-6-5-7-17(13(12)2)20-18(21)14(3)25-19(22)15-8-10-16(11-9-15)26(4,23)24/h8-14,17H,5-7H2,1-4H3,(H,20,21)/t12-,13-,14-,17+/m1/s1. The molecule has 0 aliphatic heterocycles. The largest absolute Gasteiger partial charge is 0.449 e. The minimum Gasteiger partial charge on any atom is -0.449 e. The lowest BCUT2D eigenvalue weighted by Gasteiger charge is -2.35. The third-order valence-electron chi connectivity index (χ3n) is 5.21. The lowest BCUT2D eigenvalue weighted by molar-refractivity contribution is -0.130. The van der Waals surface area contributed by atoms with Crippen LogP contribution in [0.3, 0.4) is 0 Å². The van der Waals surface area contributed by atoms with E-state index >= 15 is 0 Å². The first-order valence-corrected chi connectivity index (χ1v) is 10.8. The molecule has 1 aliphatic rings. The Kier molecular flexibility index (Phi) is 6.44. The smallest absolute Gasteiger partial charge is 0.338 e. The second-order valence-electron chi connectivity index (χ2n) is 7.23. The van der Waals surface area contributed by atoms with Crippen molar-refractivity contribution in [3.8, 4) is 0 Å². The highest BCUT2D eigenvalue weighted by molar-refractivity contribution is 7.90. The number of carbonyl (C=O) groups excluding carboxylic acids is 2. The van der Waals surface area contributed by atoms with Crippen LogP contribution in [0.5, 0.6) is 0 Å². The molecule has 1 amide bonds. The van der Waals surface area contributed by atoms with E-state index in [9.17, 15) is 18.0 Å². The molecule has 0 heterocycles. The predicted octanol–water partition coefficient (Wildman–Crippen LogP) is 2.58. The van der Waals surface area contributed by atoms with Crippen LogP contribution in [0.1, 0.15) is 50.4 Å². The van der Waals surface area contributed by atoms with Crippen LogP contribution in [0.25, 0.3) is 0 Å². The van der Waals surface area contributed by atoms with Crippen LogP contribution in [0.2, 0.25) is 0 Å². The van der Waals surface area contributed by atoms with Gasteiger partial charge in [0.1, 0.15) is 0 Å². The highest BCUT2D eigenvalue weighted by atomic mass is 32.2. The molecule has 1 N–H and O–H groups in total. The highest BCUT2D eigenvalue weighted by Crippen LogP contribution is 2.29. The number of nitrogens with one attached hydrogen (secondary N) is 1. The van der Waals surface area contributed by atoms with E-state index in [4.69, 9.17) is 4.74 Å². The van der Waals surface area contributed by atoms with Crippen LogP contribution < -0.4 is 5.32 Å². The van der Waals surface area contributed by atoms with E-state index < -0.39 is 21.9 Å². The van der Waals surface area contributed by atoms with Crippen LogP contribution in [-0.2, 0) is 19.4 Å². The normalized spacial score (nSPS) is 24.5. The average Bonchev–Trinajstić information content (AvgIpc) is 2.58. The van der Waals surface area contributed by atoms with Gasteiger partial charge in [0, 0.05) is 12.3 Å². The number of rotatable bonds is 5. The van der Waals surface area contributed by atoms with Crippen LogP contribution in [0, 0.1) is 11.8 Å². The quantitative estimate of drug-likeness (QED) is 0.792. The lowest BCUT2D eigenvalue weighted by atomic mass is 9.78. The second kappa shape index (κ2) is 8.20. The molecule has 6 nitrogen and oxygen atoms in total. The molecule has 0 unspecified atom stereocenters. The van der Waals surface area contributed by atoms with Gasteiger partial charge in [-0.1, -0.05) is 26.7 Å². The molecule has 2 rings (SSSR count). The zero-order valence-corrected chi connectivity index (χ0v) is 16.5. The summed E-state index contributed by atoms with van der Waals surface area (Å²) in [6.45, 7) is 5.86. The minimum absolute atomic E-state index is 0.0986. The average molecular weight is 381 g/mol. The summed E-state index contributed by atoms with van der Waals surface area (Å²) in [4.78, 5) is 24.7. The molecule has 26 heavy (non-hydrogen) atoms. The van der Waals surface area contributed by atoms with Gasteiger partial charge in [-0.25, -0.2) is 13.2 Å². The van der Waals surface area contributed by atoms with Gasteiger partial charge in [0.05, 0.1) is 10.5 Å². The fourth-order valence-electron chi connectivity index (χ4n) is 3.21. The molecule has 0 saturated heterocycles. The number of hydrogen-bond donors (Lipinski definition) is 1. The first kappa shape index (κ1) is 20.4. The van der Waals surface area contributed by atoms with Gasteiger partial charge in [0.2, 0.25) is 0 Å². The Morgan fingerprint density at radius 1 is 1.15 bits per heavy atom. The van der Waals surface area contributed by atoms with Crippen molar-refractivity contribution in [1.82, 2.24) is 5.32 Å². The van der Waals surface area contributed by atoms with Crippen molar-refractivity contribution in [2.45, 2.75) is 57.1 Å². The van der Waals surface area contributed by atoms with Crippen molar-refractivity contribution in [1.29, 1.82) is 0 Å². The summed E-state index contributed by atoms with van der Waals surface area (Å²) in [6, 6.07) is 5.56. The van der Waals surface area contributed by atoms with Crippen molar-refractivity contribution < 1.29 is 22.7 Å². The van der Waals surface area contributed by atoms with Gasteiger partial charge in [0.15, 0.2) is 15.9 Å². The molecule has 0 bridgehead atoms. The SMILES string of the molecule is C[C@@H]1[C@H](C)CCC[C@@H]1NC(=O)[C@@H](C)OC(=O)c1ccc(S(C)(=O)=O)cc1. The predicted molar refractivity (Wildman–Crippen MR) is 98.5 cm³/mol. The third-order valence-corrected chi connectivity index (χ3v) is 6.33. The topological polar surface area (TPSA) is 89.5 Å². The van der Waals surface area contributed by atoms with E-state index in [0.29, 0.717) is 11.8 Å². The Balaban J connectivity index is 1.94. The summed E-state index contributed by atoms with van der Waals surface area (Å²) in [6.07, 6.45) is 3.37. The lowest BCUT2D eigenvalue weighted by Crippen LogP contribution is -2.47. The second-order valence-corrected chi connectivity index (χ2v) is 9.24. The van der Waals surface area contributed by atoms with E-state index in [2.05, 4.69) is 19.2 Å². The number of sulfone groups is 1. The first-order chi connectivity index (χ1) is 12.1. The van der Waals surface area contributed by atoms with Crippen molar-refractivity contribution in [2.75, 3.05) is 6.26 Å². The van der Waals surface area contributed by atoms with Gasteiger partial charge in [0.25, 0.3) is 5.91 Å². The summed E-state index contributed by atoms with van der Waals surface area (Å²) in [5.41, 5.74) is 0.205. The maximum Gasteiger partial charge on any atom is 0.338 e. The number of esters is 1. The molecule has 1 saturated carbocycles. The van der Waals surface area contributed by atoms with Crippen LogP contribution >= 0.6 is 0 Å². The van der Waals surface area contributed by atoms with Crippen molar-refractivity contribution in [3.05, 3.63) is 29.8 Å². The molecule has 7 heteroatoms. The fraction of sp³-hybridized carbons (Fsp3) is 0.579. The molecule has 1 aliphatic carbocycles. The van der Waals surface area contributed by atoms with E-state index in [1.54, 1.807) is 0 Å². The Morgan fingerprint density at radius 3 is 2.35 bits per heavy atom. The zero-order valence-electron chi connectivity index (χ0n) is 15.7. The number of carbonyl (C=O) groups is 2. The zero-order chi connectivity index (χ0) is 19.5. The number of amides is 1. The Labute approximate surface area is 155 Å². The summed E-state index contributed by atoms with van der Waals surface area (Å²) in [5, 5.41) is 2.99. The molecule has 0 aromatic heterocycles. The maximum absolute atomic E-state index is 12.3. The highest BCUT2D eigenvalue weighted by Gasteiger charge is 2.30. The first-order valence-electron chi connectivity index (χ1n) is 8.91. The maximum atomic E-state index is 12.3. The summed E-state index contributed by atoms with van der Waals surface area (Å²) >= 11 is 0. The Morgan fingerprint density at radius 2 is 1.77 bits per heavy atom. The van der Waals surface area contributed by atoms with E-state index in [1.807, 2.05) is 0 Å². The van der Waals surface area contributed by atoms with Gasteiger partial charge in [-0.15, -0.1) is 0 Å². The summed E-state index contributed by atoms with van der Waals surface area (Å²) in [5.74, 6) is -0.0192. The number of ether oxygens (including phenoxy) is 1. The monoisotopic (exact) mass is 381 g/mol. The molecule has 144 valence electrons. The van der Waals surface area contributed by atoms with Crippen LogP contribution in [0.15, 0.2) is 29.2 Å². The van der Waals surface area contributed by atoms with Crippen molar-refractivity contribution in [2.24, 2.45) is 11.8 Å². The molecule has 1 aromatic carbocycles. The van der Waals surface area contributed by atoms with Gasteiger partial charge in [-0.3, -0.25) is 4.79 Å².